The highest BCUT2D eigenvalue weighted by molar-refractivity contribution is 7.92. The van der Waals surface area contributed by atoms with Crippen molar-refractivity contribution in [3.8, 4) is 11.5 Å². The quantitative estimate of drug-likeness (QED) is 0.190. The summed E-state index contributed by atoms with van der Waals surface area (Å²) < 4.78 is 100. The van der Waals surface area contributed by atoms with Crippen LogP contribution in [-0.4, -0.2) is 83.5 Å². The number of sulfone groups is 1. The highest BCUT2D eigenvalue weighted by Gasteiger charge is 2.51. The summed E-state index contributed by atoms with van der Waals surface area (Å²) in [6.07, 6.45) is 0. The average Bonchev–Trinajstić information content (AvgIpc) is 3.43. The largest absolute Gasteiger partial charge is 0.495 e. The lowest BCUT2D eigenvalue weighted by Gasteiger charge is -2.37. The number of hydrogen-bond donors (Lipinski definition) is 2. The first-order valence-electron chi connectivity index (χ1n) is 16.3. The van der Waals surface area contributed by atoms with Gasteiger partial charge in [-0.3, -0.25) is 9.59 Å². The van der Waals surface area contributed by atoms with Crippen molar-refractivity contribution in [2.45, 2.75) is 48.8 Å². The van der Waals surface area contributed by atoms with Gasteiger partial charge in [0.05, 0.1) is 37.8 Å². The Kier molecular flexibility index (Phi) is 11.9. The van der Waals surface area contributed by atoms with Gasteiger partial charge in [-0.2, -0.15) is 8.61 Å². The van der Waals surface area contributed by atoms with E-state index in [1.807, 2.05) is 0 Å². The van der Waals surface area contributed by atoms with Crippen molar-refractivity contribution in [2.24, 2.45) is 0 Å². The van der Waals surface area contributed by atoms with Crippen LogP contribution in [-0.2, 0) is 52.6 Å². The summed E-state index contributed by atoms with van der Waals surface area (Å²) in [4.78, 5) is 23.1. The molecule has 282 valence electrons. The van der Waals surface area contributed by atoms with Crippen molar-refractivity contribution in [1.29, 1.82) is 0 Å². The smallest absolute Gasteiger partial charge is 0.247 e. The number of nitrogens with one attached hydrogen (secondary N) is 2. The number of methoxy groups -OCH3 is 2. The molecule has 0 radical (unpaired) electrons. The van der Waals surface area contributed by atoms with Gasteiger partial charge in [0.1, 0.15) is 21.3 Å². The fraction of sp³-hybridized carbons (Fsp3) is 0.278. The Morgan fingerprint density at radius 1 is 0.642 bits per heavy atom. The maximum absolute atomic E-state index is 15.0. The van der Waals surface area contributed by atoms with E-state index in [0.717, 1.165) is 8.61 Å². The molecule has 2 amide bonds. The Hall–Kier alpha value is -4.81. The molecule has 1 fully saturated rings. The van der Waals surface area contributed by atoms with E-state index in [1.54, 1.807) is 60.7 Å². The summed E-state index contributed by atoms with van der Waals surface area (Å²) in [6.45, 7) is 1.84. The van der Waals surface area contributed by atoms with Gasteiger partial charge < -0.3 is 20.1 Å². The zero-order chi connectivity index (χ0) is 38.6. The Bertz CT molecular complexity index is 2150. The lowest BCUT2D eigenvalue weighted by atomic mass is 10.1. The molecule has 4 aromatic carbocycles. The van der Waals surface area contributed by atoms with Gasteiger partial charge in [0.25, 0.3) is 0 Å². The van der Waals surface area contributed by atoms with E-state index >= 15 is 0 Å². The van der Waals surface area contributed by atoms with Crippen LogP contribution in [0.4, 0.5) is 11.4 Å². The molecule has 14 nitrogen and oxygen atoms in total. The number of benzene rings is 4. The summed E-state index contributed by atoms with van der Waals surface area (Å²) in [5.41, 5.74) is 1.29. The Balaban J connectivity index is 1.74. The lowest BCUT2D eigenvalue weighted by molar-refractivity contribution is -0.115. The number of ether oxygens (including phenoxy) is 2. The monoisotopic (exact) mass is 784 g/mol. The van der Waals surface area contributed by atoms with Crippen molar-refractivity contribution < 1.29 is 44.3 Å². The topological polar surface area (TPSA) is 186 Å². The molecule has 1 saturated heterocycles. The van der Waals surface area contributed by atoms with Crippen molar-refractivity contribution in [2.75, 3.05) is 36.4 Å². The first-order chi connectivity index (χ1) is 25.1. The molecule has 4 aromatic rings. The highest BCUT2D eigenvalue weighted by atomic mass is 32.2. The first kappa shape index (κ1) is 39.4. The van der Waals surface area contributed by atoms with Crippen molar-refractivity contribution >= 4 is 53.1 Å². The van der Waals surface area contributed by atoms with Gasteiger partial charge in [0.2, 0.25) is 31.9 Å². The van der Waals surface area contributed by atoms with Crippen LogP contribution < -0.4 is 20.1 Å². The van der Waals surface area contributed by atoms with Gasteiger partial charge in [-0.05, 0) is 47.5 Å². The molecule has 0 spiro atoms. The summed E-state index contributed by atoms with van der Waals surface area (Å²) in [5, 5.41) is 5.12. The molecule has 0 bridgehead atoms. The third-order valence-electron chi connectivity index (χ3n) is 8.54. The zero-order valence-electron chi connectivity index (χ0n) is 29.4. The molecule has 17 heteroatoms. The second-order valence-electron chi connectivity index (χ2n) is 12.4. The predicted molar refractivity (Wildman–Crippen MR) is 199 cm³/mol. The van der Waals surface area contributed by atoms with Gasteiger partial charge in [-0.1, -0.05) is 60.7 Å². The second-order valence-corrected chi connectivity index (χ2v) is 18.2. The molecule has 0 unspecified atom stereocenters. The lowest BCUT2D eigenvalue weighted by Crippen LogP contribution is -2.54. The van der Waals surface area contributed by atoms with Crippen molar-refractivity contribution in [1.82, 2.24) is 8.61 Å². The molecule has 53 heavy (non-hydrogen) atoms. The minimum absolute atomic E-state index is 0.0807. The molecule has 2 N–H and O–H groups in total. The molecule has 2 atom stereocenters. The number of anilines is 2. The van der Waals surface area contributed by atoms with Crippen molar-refractivity contribution in [3.63, 3.8) is 0 Å². The highest BCUT2D eigenvalue weighted by Crippen LogP contribution is 2.38. The number of amides is 2. The van der Waals surface area contributed by atoms with E-state index in [9.17, 15) is 34.8 Å². The van der Waals surface area contributed by atoms with Crippen LogP contribution in [0.25, 0.3) is 0 Å². The second kappa shape index (κ2) is 16.1. The number of rotatable bonds is 14. The zero-order valence-corrected chi connectivity index (χ0v) is 31.9. The van der Waals surface area contributed by atoms with Crippen LogP contribution >= 0.6 is 0 Å². The van der Waals surface area contributed by atoms with Gasteiger partial charge >= 0.3 is 0 Å². The normalized spacial score (nSPS) is 17.0. The number of hydrogen-bond acceptors (Lipinski definition) is 10. The maximum Gasteiger partial charge on any atom is 0.247 e. The Labute approximate surface area is 309 Å². The molecule has 1 heterocycles. The summed E-state index contributed by atoms with van der Waals surface area (Å²) >= 11 is 0. The summed E-state index contributed by atoms with van der Waals surface area (Å²) in [6, 6.07) is 22.1. The number of carbonyl (C=O) groups is 2. The maximum atomic E-state index is 15.0. The SMILES string of the molecule is COc1ccc(NC(C)=O)cc1S(=O)(=O)N(Cc1ccccc1)[C@@H]1CS(=O)(=O)C[C@H]1N(Cc1ccccc1)S(=O)(=O)c1cc(NC(C)=O)ccc1OC. The van der Waals surface area contributed by atoms with Gasteiger partial charge in [-0.25, -0.2) is 25.3 Å². The molecular weight excluding hydrogens is 745 g/mol. The van der Waals surface area contributed by atoms with Crippen molar-refractivity contribution in [3.05, 3.63) is 108 Å². The van der Waals surface area contributed by atoms with E-state index in [2.05, 4.69) is 10.6 Å². The fourth-order valence-corrected chi connectivity index (χ4v) is 12.0. The van der Waals surface area contributed by atoms with Gasteiger partial charge in [-0.15, -0.1) is 0 Å². The van der Waals surface area contributed by atoms with Crippen LogP contribution in [0.5, 0.6) is 11.5 Å². The molecule has 0 aromatic heterocycles. The van der Waals surface area contributed by atoms with Crippen LogP contribution in [0.3, 0.4) is 0 Å². The molecule has 0 saturated carbocycles. The average molecular weight is 785 g/mol. The van der Waals surface area contributed by atoms with Crippen LogP contribution in [0.15, 0.2) is 107 Å². The van der Waals surface area contributed by atoms with Crippen LogP contribution in [0.2, 0.25) is 0 Å². The third kappa shape index (κ3) is 9.05. The standard InChI is InChI=1S/C36H40N4O10S3/c1-25(41)37-29-15-17-33(49-3)35(19-29)52(45,46)39(21-27-11-7-5-8-12-27)31-23-51(43,44)24-32(31)40(22-28-13-9-6-10-14-28)53(47,48)36-20-30(38-26(2)42)16-18-34(36)50-4/h5-20,31-32H,21-24H2,1-4H3,(H,37,41)(H,38,42)/t31-,32-/m1/s1. The van der Waals surface area contributed by atoms with Gasteiger partial charge in [0.15, 0.2) is 9.84 Å². The predicted octanol–water partition coefficient (Wildman–Crippen LogP) is 3.87. The van der Waals surface area contributed by atoms with E-state index < -0.39 is 65.3 Å². The molecule has 1 aliphatic rings. The van der Waals surface area contributed by atoms with E-state index in [0.29, 0.717) is 11.1 Å². The third-order valence-corrected chi connectivity index (χ3v) is 14.0. The van der Waals surface area contributed by atoms with E-state index in [4.69, 9.17) is 9.47 Å². The summed E-state index contributed by atoms with van der Waals surface area (Å²) in [5.74, 6) is -2.49. The fourth-order valence-electron chi connectivity index (χ4n) is 6.22. The Morgan fingerprint density at radius 3 is 1.32 bits per heavy atom. The van der Waals surface area contributed by atoms with Gasteiger partial charge in [0, 0.05) is 38.3 Å². The number of nitrogens with zero attached hydrogens (tertiary/aromatic N) is 2. The van der Waals surface area contributed by atoms with E-state index in [1.165, 1.54) is 64.5 Å². The molecule has 0 aliphatic carbocycles. The molecule has 5 rings (SSSR count). The van der Waals surface area contributed by atoms with Crippen LogP contribution in [0.1, 0.15) is 25.0 Å². The summed E-state index contributed by atoms with van der Waals surface area (Å²) in [7, 11) is -11.0. The van der Waals surface area contributed by atoms with E-state index in [-0.39, 0.29) is 45.8 Å². The first-order valence-corrected chi connectivity index (χ1v) is 21.0. The minimum Gasteiger partial charge on any atom is -0.495 e. The molecule has 1 aliphatic heterocycles. The number of carbonyl (C=O) groups excluding carboxylic acids is 2. The van der Waals surface area contributed by atoms with Crippen LogP contribution in [0, 0.1) is 0 Å². The minimum atomic E-state index is -4.72. The Morgan fingerprint density at radius 2 is 1.00 bits per heavy atom. The number of sulfonamides is 2. The molecular formula is C36H40N4O10S3.